The van der Waals surface area contributed by atoms with Crippen molar-refractivity contribution in [3.8, 4) is 33.8 Å². The molecular weight excluding hydrogens is 500 g/mol. The molecule has 8 nitrogen and oxygen atoms in total. The van der Waals surface area contributed by atoms with Crippen LogP contribution in [-0.2, 0) is 14.9 Å². The van der Waals surface area contributed by atoms with E-state index in [1.807, 2.05) is 36.4 Å². The van der Waals surface area contributed by atoms with Crippen molar-refractivity contribution in [3.05, 3.63) is 105 Å². The van der Waals surface area contributed by atoms with E-state index in [-0.39, 0.29) is 22.3 Å². The van der Waals surface area contributed by atoms with Gasteiger partial charge in [-0.2, -0.15) is 0 Å². The van der Waals surface area contributed by atoms with Crippen LogP contribution in [0, 0.1) is 0 Å². The molecule has 0 amide bonds. The average Bonchev–Trinajstić information content (AvgIpc) is 3.60. The maximum absolute atomic E-state index is 12.7. The summed E-state index contributed by atoms with van der Waals surface area (Å²) in [4.78, 5) is 50.5. The third-order valence-corrected chi connectivity index (χ3v) is 8.22. The number of esters is 4. The lowest BCUT2D eigenvalue weighted by Gasteiger charge is -2.31. The minimum atomic E-state index is -1.03. The van der Waals surface area contributed by atoms with Crippen LogP contribution in [0.4, 0.5) is 0 Å². The Morgan fingerprint density at radius 1 is 0.462 bits per heavy atom. The summed E-state index contributed by atoms with van der Waals surface area (Å²) < 4.78 is 21.1. The molecule has 0 fully saturated rings. The number of carbonyl (C=O) groups is 4. The molecule has 4 aromatic rings. The third-order valence-electron chi connectivity index (χ3n) is 8.22. The van der Waals surface area contributed by atoms with E-state index in [9.17, 15) is 19.2 Å². The second-order valence-corrected chi connectivity index (χ2v) is 9.81. The lowest BCUT2D eigenvalue weighted by atomic mass is 9.70. The van der Waals surface area contributed by atoms with Gasteiger partial charge in [-0.25, -0.2) is 19.2 Å². The van der Waals surface area contributed by atoms with Gasteiger partial charge in [0, 0.05) is 0 Å². The highest BCUT2D eigenvalue weighted by Gasteiger charge is 2.54. The number of ether oxygens (including phenoxy) is 4. The van der Waals surface area contributed by atoms with Crippen molar-refractivity contribution in [2.45, 2.75) is 5.41 Å². The molecule has 0 saturated heterocycles. The first-order valence-electron chi connectivity index (χ1n) is 12.1. The maximum atomic E-state index is 12.7. The first kappa shape index (κ1) is 21.8. The smallest absolute Gasteiger partial charge is 0.346 e. The van der Waals surface area contributed by atoms with Crippen LogP contribution in [0.2, 0.25) is 0 Å². The number of fused-ring (bicyclic) bond motifs is 12. The molecule has 0 bridgehead atoms. The number of methoxy groups -OCH3 is 2. The number of cyclic esters (lactones) is 4. The van der Waals surface area contributed by atoms with Crippen LogP contribution in [-0.4, -0.2) is 38.1 Å². The number of hydrogen-bond acceptors (Lipinski definition) is 8. The quantitative estimate of drug-likeness (QED) is 0.242. The molecule has 4 aromatic carbocycles. The zero-order chi connectivity index (χ0) is 26.8. The van der Waals surface area contributed by atoms with Gasteiger partial charge in [0.15, 0.2) is 0 Å². The van der Waals surface area contributed by atoms with Crippen LogP contribution in [0.1, 0.15) is 63.7 Å². The Morgan fingerprint density at radius 3 is 1.21 bits per heavy atom. The lowest BCUT2D eigenvalue weighted by Crippen LogP contribution is -2.26. The van der Waals surface area contributed by atoms with E-state index >= 15 is 0 Å². The Kier molecular flexibility index (Phi) is 3.91. The van der Waals surface area contributed by atoms with E-state index in [0.29, 0.717) is 33.8 Å². The molecule has 0 aromatic heterocycles. The molecule has 0 radical (unpaired) electrons. The molecule has 0 unspecified atom stereocenters. The highest BCUT2D eigenvalue weighted by Crippen LogP contribution is 2.64. The van der Waals surface area contributed by atoms with Crippen molar-refractivity contribution in [2.75, 3.05) is 14.2 Å². The summed E-state index contributed by atoms with van der Waals surface area (Å²) >= 11 is 0. The Balaban J connectivity index is 1.59. The van der Waals surface area contributed by atoms with Crippen molar-refractivity contribution in [1.29, 1.82) is 0 Å². The molecule has 39 heavy (non-hydrogen) atoms. The van der Waals surface area contributed by atoms with Gasteiger partial charge in [0.2, 0.25) is 0 Å². The van der Waals surface area contributed by atoms with E-state index in [0.717, 1.165) is 22.3 Å². The summed E-state index contributed by atoms with van der Waals surface area (Å²) in [5.74, 6) is -1.67. The summed E-state index contributed by atoms with van der Waals surface area (Å²) in [7, 11) is 3.16. The summed E-state index contributed by atoms with van der Waals surface area (Å²) in [6, 6.07) is 18.2. The Morgan fingerprint density at radius 2 is 0.821 bits per heavy atom. The standard InChI is InChI=1S/C31H16O8/c1-36-13-3-5-15-16-6-4-14(37-2)8-24(16)31(23(15)7-13)25-11-21-19(27(32)38-29(21)34)9-17(25)18-10-20-22(12-26(18)31)30(35)39-28(20)33/h3-12H,1-2H3. The number of hydrogen-bond donors (Lipinski definition) is 0. The summed E-state index contributed by atoms with van der Waals surface area (Å²) in [5.41, 5.74) is 5.92. The van der Waals surface area contributed by atoms with Crippen LogP contribution < -0.4 is 9.47 Å². The number of rotatable bonds is 2. The van der Waals surface area contributed by atoms with Crippen molar-refractivity contribution in [2.24, 2.45) is 0 Å². The zero-order valence-corrected chi connectivity index (χ0v) is 20.5. The highest BCUT2D eigenvalue weighted by atomic mass is 16.6. The fourth-order valence-corrected chi connectivity index (χ4v) is 6.59. The van der Waals surface area contributed by atoms with Gasteiger partial charge in [-0.05, 0) is 93.0 Å². The normalized spacial score (nSPS) is 16.3. The molecule has 2 aliphatic heterocycles. The Labute approximate surface area is 220 Å². The Bertz CT molecular complexity index is 1780. The monoisotopic (exact) mass is 516 g/mol. The lowest BCUT2D eigenvalue weighted by molar-refractivity contribution is 0.0425. The SMILES string of the molecule is COc1ccc2c(c1)C1(c3cc(OC)ccc3-2)c2cc3c(cc2-c2cc4c(cc21)C(=O)OC4=O)C(=O)OC3=O. The topological polar surface area (TPSA) is 105 Å². The minimum Gasteiger partial charge on any atom is -0.497 e. The van der Waals surface area contributed by atoms with Crippen molar-refractivity contribution < 1.29 is 38.1 Å². The van der Waals surface area contributed by atoms with E-state index in [1.54, 1.807) is 38.5 Å². The molecule has 8 rings (SSSR count). The van der Waals surface area contributed by atoms with E-state index in [2.05, 4.69) is 0 Å². The van der Waals surface area contributed by atoms with Crippen LogP contribution in [0.5, 0.6) is 11.5 Å². The van der Waals surface area contributed by atoms with Gasteiger partial charge >= 0.3 is 23.9 Å². The third kappa shape index (κ3) is 2.44. The van der Waals surface area contributed by atoms with Gasteiger partial charge in [-0.3, -0.25) is 0 Å². The number of carbonyl (C=O) groups excluding carboxylic acids is 4. The molecule has 4 aliphatic rings. The maximum Gasteiger partial charge on any atom is 0.346 e. The molecule has 0 atom stereocenters. The molecule has 0 saturated carbocycles. The summed E-state index contributed by atoms with van der Waals surface area (Å²) in [6.07, 6.45) is 0. The fraction of sp³-hybridized carbons (Fsp3) is 0.0968. The molecule has 2 heterocycles. The van der Waals surface area contributed by atoms with Crippen molar-refractivity contribution in [3.63, 3.8) is 0 Å². The predicted octanol–water partition coefficient (Wildman–Crippen LogP) is 4.67. The second kappa shape index (κ2) is 6.99. The fourth-order valence-electron chi connectivity index (χ4n) is 6.59. The minimum absolute atomic E-state index is 0.149. The average molecular weight is 516 g/mol. The molecule has 2 aliphatic carbocycles. The number of benzene rings is 4. The molecular formula is C31H16O8. The van der Waals surface area contributed by atoms with Crippen LogP contribution >= 0.6 is 0 Å². The largest absolute Gasteiger partial charge is 0.497 e. The summed E-state index contributed by atoms with van der Waals surface area (Å²) in [6.45, 7) is 0. The molecule has 188 valence electrons. The van der Waals surface area contributed by atoms with Crippen LogP contribution in [0.3, 0.4) is 0 Å². The zero-order valence-electron chi connectivity index (χ0n) is 20.5. The molecule has 1 spiro atoms. The van der Waals surface area contributed by atoms with E-state index in [4.69, 9.17) is 18.9 Å². The van der Waals surface area contributed by atoms with Crippen LogP contribution in [0.25, 0.3) is 22.3 Å². The Hall–Kier alpha value is -5.24. The van der Waals surface area contributed by atoms with Gasteiger partial charge in [0.25, 0.3) is 0 Å². The van der Waals surface area contributed by atoms with Crippen molar-refractivity contribution in [1.82, 2.24) is 0 Å². The first-order chi connectivity index (χ1) is 18.9. The molecule has 0 N–H and O–H groups in total. The highest BCUT2D eigenvalue weighted by molar-refractivity contribution is 6.18. The van der Waals surface area contributed by atoms with Gasteiger partial charge in [-0.1, -0.05) is 12.1 Å². The van der Waals surface area contributed by atoms with E-state index in [1.165, 1.54) is 0 Å². The second-order valence-electron chi connectivity index (χ2n) is 9.81. The van der Waals surface area contributed by atoms with Gasteiger partial charge in [-0.15, -0.1) is 0 Å². The molecule has 8 heteroatoms. The van der Waals surface area contributed by atoms with Crippen molar-refractivity contribution >= 4 is 23.9 Å². The van der Waals surface area contributed by atoms with E-state index < -0.39 is 29.3 Å². The van der Waals surface area contributed by atoms with Crippen LogP contribution in [0.15, 0.2) is 60.7 Å². The van der Waals surface area contributed by atoms with Gasteiger partial charge < -0.3 is 18.9 Å². The predicted molar refractivity (Wildman–Crippen MR) is 135 cm³/mol. The summed E-state index contributed by atoms with van der Waals surface area (Å²) in [5, 5.41) is 0. The first-order valence-corrected chi connectivity index (χ1v) is 12.1. The van der Waals surface area contributed by atoms with Gasteiger partial charge in [0.05, 0.1) is 41.9 Å². The van der Waals surface area contributed by atoms with Gasteiger partial charge in [0.1, 0.15) is 11.5 Å².